The summed E-state index contributed by atoms with van der Waals surface area (Å²) in [6, 6.07) is 1.70. The van der Waals surface area contributed by atoms with E-state index in [2.05, 4.69) is 15.4 Å². The number of fused-ring (bicyclic) bond motifs is 1. The maximum absolute atomic E-state index is 12.8. The summed E-state index contributed by atoms with van der Waals surface area (Å²) < 4.78 is 27.2. The van der Waals surface area contributed by atoms with E-state index < -0.39 is 5.92 Å². The first kappa shape index (κ1) is 14.9. The van der Waals surface area contributed by atoms with Gasteiger partial charge in [-0.3, -0.25) is 4.79 Å². The Bertz CT molecular complexity index is 677. The van der Waals surface area contributed by atoms with Gasteiger partial charge in [0.25, 0.3) is 0 Å². The molecule has 1 aliphatic carbocycles. The SMILES string of the molecule is CC[C@@H](NC(=O)CC1CC(F)(F)C1)c1cnn2ccnc2c1. The lowest BCUT2D eigenvalue weighted by atomic mass is 9.79. The fourth-order valence-corrected chi connectivity index (χ4v) is 2.88. The van der Waals surface area contributed by atoms with E-state index in [4.69, 9.17) is 0 Å². The number of hydrogen-bond donors (Lipinski definition) is 1. The summed E-state index contributed by atoms with van der Waals surface area (Å²) in [4.78, 5) is 16.2. The fraction of sp³-hybridized carbons (Fsp3) is 0.533. The quantitative estimate of drug-likeness (QED) is 0.924. The molecule has 3 rings (SSSR count). The average Bonchev–Trinajstić information content (AvgIpc) is 2.90. The third-order valence-corrected chi connectivity index (χ3v) is 4.07. The largest absolute Gasteiger partial charge is 0.349 e. The minimum absolute atomic E-state index is 0.158. The standard InChI is InChI=1S/C15H18F2N4O/c1-2-12(11-6-13-18-3-4-21(13)19-9-11)20-14(22)5-10-7-15(16,17)8-10/h3-4,6,9-10,12H,2,5,7-8H2,1H3,(H,20,22)/t12-/m1/s1. The number of alkyl halides is 2. The zero-order chi connectivity index (χ0) is 15.7. The monoisotopic (exact) mass is 308 g/mol. The molecule has 7 heteroatoms. The predicted octanol–water partition coefficient (Wildman–Crippen LogP) is 2.73. The third kappa shape index (κ3) is 3.08. The molecule has 1 aliphatic rings. The Kier molecular flexibility index (Phi) is 3.80. The molecule has 118 valence electrons. The third-order valence-electron chi connectivity index (χ3n) is 4.07. The summed E-state index contributed by atoms with van der Waals surface area (Å²) in [6.07, 6.45) is 5.59. The molecule has 0 spiro atoms. The van der Waals surface area contributed by atoms with Gasteiger partial charge >= 0.3 is 0 Å². The molecule has 1 N–H and O–H groups in total. The second-order valence-corrected chi connectivity index (χ2v) is 5.88. The van der Waals surface area contributed by atoms with Crippen LogP contribution in [0.5, 0.6) is 0 Å². The van der Waals surface area contributed by atoms with E-state index in [9.17, 15) is 13.6 Å². The summed E-state index contributed by atoms with van der Waals surface area (Å²) in [5.74, 6) is -2.97. The van der Waals surface area contributed by atoms with Crippen LogP contribution in [0.2, 0.25) is 0 Å². The van der Waals surface area contributed by atoms with Crippen molar-refractivity contribution in [1.82, 2.24) is 19.9 Å². The van der Waals surface area contributed by atoms with Gasteiger partial charge in [0.15, 0.2) is 5.65 Å². The summed E-state index contributed by atoms with van der Waals surface area (Å²) in [7, 11) is 0. The minimum atomic E-state index is -2.58. The minimum Gasteiger partial charge on any atom is -0.349 e. The van der Waals surface area contributed by atoms with Crippen LogP contribution < -0.4 is 5.32 Å². The molecule has 0 aromatic carbocycles. The molecule has 22 heavy (non-hydrogen) atoms. The smallest absolute Gasteiger partial charge is 0.248 e. The molecule has 0 bridgehead atoms. The van der Waals surface area contributed by atoms with Crippen LogP contribution in [0.25, 0.3) is 5.65 Å². The number of hydrogen-bond acceptors (Lipinski definition) is 3. The average molecular weight is 308 g/mol. The molecule has 0 saturated heterocycles. The van der Waals surface area contributed by atoms with E-state index >= 15 is 0 Å². The number of aromatic nitrogens is 3. The molecule has 0 radical (unpaired) electrons. The Labute approximate surface area is 126 Å². The van der Waals surface area contributed by atoms with E-state index in [0.29, 0.717) is 12.1 Å². The van der Waals surface area contributed by atoms with Gasteiger partial charge in [0.1, 0.15) is 0 Å². The molecular formula is C15H18F2N4O. The molecule has 0 aliphatic heterocycles. The number of nitrogens with one attached hydrogen (secondary N) is 1. The maximum Gasteiger partial charge on any atom is 0.248 e. The van der Waals surface area contributed by atoms with Gasteiger partial charge in [0, 0.05) is 31.7 Å². The van der Waals surface area contributed by atoms with E-state index in [1.54, 1.807) is 23.1 Å². The van der Waals surface area contributed by atoms with Crippen molar-refractivity contribution in [3.8, 4) is 0 Å². The van der Waals surface area contributed by atoms with Gasteiger partial charge in [-0.15, -0.1) is 0 Å². The van der Waals surface area contributed by atoms with Crippen LogP contribution in [0.4, 0.5) is 8.78 Å². The summed E-state index contributed by atoms with van der Waals surface area (Å²) in [6.45, 7) is 1.96. The Morgan fingerprint density at radius 1 is 1.55 bits per heavy atom. The van der Waals surface area contributed by atoms with Crippen LogP contribution >= 0.6 is 0 Å². The van der Waals surface area contributed by atoms with Crippen LogP contribution in [-0.4, -0.2) is 26.4 Å². The number of carbonyl (C=O) groups excluding carboxylic acids is 1. The molecular weight excluding hydrogens is 290 g/mol. The van der Waals surface area contributed by atoms with Crippen molar-refractivity contribution >= 4 is 11.6 Å². The van der Waals surface area contributed by atoms with E-state index in [1.807, 2.05) is 13.0 Å². The molecule has 1 saturated carbocycles. The maximum atomic E-state index is 12.8. The van der Waals surface area contributed by atoms with Gasteiger partial charge in [0.2, 0.25) is 11.8 Å². The van der Waals surface area contributed by atoms with Gasteiger partial charge in [-0.05, 0) is 24.0 Å². The molecule has 5 nitrogen and oxygen atoms in total. The van der Waals surface area contributed by atoms with Crippen molar-refractivity contribution in [2.24, 2.45) is 5.92 Å². The molecule has 1 fully saturated rings. The van der Waals surface area contributed by atoms with E-state index in [1.165, 1.54) is 0 Å². The van der Waals surface area contributed by atoms with Gasteiger partial charge < -0.3 is 5.32 Å². The highest BCUT2D eigenvalue weighted by Crippen LogP contribution is 2.44. The van der Waals surface area contributed by atoms with Crippen LogP contribution in [0.15, 0.2) is 24.7 Å². The highest BCUT2D eigenvalue weighted by atomic mass is 19.3. The van der Waals surface area contributed by atoms with Crippen molar-refractivity contribution in [2.75, 3.05) is 0 Å². The topological polar surface area (TPSA) is 59.3 Å². The van der Waals surface area contributed by atoms with E-state index in [-0.39, 0.29) is 37.1 Å². The fourth-order valence-electron chi connectivity index (χ4n) is 2.88. The normalized spacial score (nSPS) is 18.9. The Balaban J connectivity index is 1.62. The lowest BCUT2D eigenvalue weighted by Gasteiger charge is -2.34. The molecule has 2 heterocycles. The zero-order valence-corrected chi connectivity index (χ0v) is 12.3. The van der Waals surface area contributed by atoms with Crippen molar-refractivity contribution < 1.29 is 13.6 Å². The summed E-state index contributed by atoms with van der Waals surface area (Å²) in [5, 5.41) is 7.13. The van der Waals surface area contributed by atoms with Crippen LogP contribution in [0.1, 0.15) is 44.2 Å². The first-order valence-electron chi connectivity index (χ1n) is 7.43. The number of nitrogens with zero attached hydrogens (tertiary/aromatic N) is 3. The Morgan fingerprint density at radius 2 is 2.32 bits per heavy atom. The number of carbonyl (C=O) groups is 1. The van der Waals surface area contributed by atoms with Crippen LogP contribution in [-0.2, 0) is 4.79 Å². The number of halogens is 2. The Hall–Kier alpha value is -2.05. The molecule has 0 unspecified atom stereocenters. The van der Waals surface area contributed by atoms with Gasteiger partial charge in [-0.2, -0.15) is 5.10 Å². The molecule has 1 amide bonds. The lowest BCUT2D eigenvalue weighted by molar-refractivity contribution is -0.134. The van der Waals surface area contributed by atoms with Gasteiger partial charge in [-0.1, -0.05) is 6.92 Å². The molecule has 1 atom stereocenters. The van der Waals surface area contributed by atoms with Crippen molar-refractivity contribution in [2.45, 2.75) is 44.6 Å². The number of imidazole rings is 1. The highest BCUT2D eigenvalue weighted by Gasteiger charge is 2.45. The van der Waals surface area contributed by atoms with Crippen LogP contribution in [0, 0.1) is 5.92 Å². The summed E-state index contributed by atoms with van der Waals surface area (Å²) >= 11 is 0. The van der Waals surface area contributed by atoms with Crippen LogP contribution in [0.3, 0.4) is 0 Å². The second-order valence-electron chi connectivity index (χ2n) is 5.88. The molecule has 2 aromatic rings. The first-order chi connectivity index (χ1) is 10.5. The number of rotatable bonds is 5. The highest BCUT2D eigenvalue weighted by molar-refractivity contribution is 5.76. The van der Waals surface area contributed by atoms with Gasteiger partial charge in [-0.25, -0.2) is 18.3 Å². The van der Waals surface area contributed by atoms with Crippen molar-refractivity contribution in [3.63, 3.8) is 0 Å². The van der Waals surface area contributed by atoms with E-state index in [0.717, 1.165) is 5.56 Å². The number of amides is 1. The van der Waals surface area contributed by atoms with Crippen molar-refractivity contribution in [3.05, 3.63) is 30.2 Å². The van der Waals surface area contributed by atoms with Crippen molar-refractivity contribution in [1.29, 1.82) is 0 Å². The zero-order valence-electron chi connectivity index (χ0n) is 12.3. The van der Waals surface area contributed by atoms with Gasteiger partial charge in [0.05, 0.1) is 12.2 Å². The second kappa shape index (κ2) is 5.62. The Morgan fingerprint density at radius 3 is 3.00 bits per heavy atom. The molecule has 2 aromatic heterocycles. The first-order valence-corrected chi connectivity index (χ1v) is 7.43. The predicted molar refractivity (Wildman–Crippen MR) is 76.4 cm³/mol. The summed E-state index contributed by atoms with van der Waals surface area (Å²) in [5.41, 5.74) is 1.58. The lowest BCUT2D eigenvalue weighted by Crippen LogP contribution is -2.39.